The topological polar surface area (TPSA) is 334 Å². The zero-order valence-electron chi connectivity index (χ0n) is 63.5. The molecule has 1 spiro atoms. The predicted molar refractivity (Wildman–Crippen MR) is 411 cm³/mol. The molecule has 2 fully saturated rings. The average Bonchev–Trinajstić information content (AvgIpc) is 1.56. The van der Waals surface area contributed by atoms with Crippen molar-refractivity contribution in [3.63, 3.8) is 0 Å². The first kappa shape index (κ1) is 77.6. The number of amides is 8. The van der Waals surface area contributed by atoms with E-state index in [1.54, 1.807) is 72.1 Å². The molecule has 1 unspecified atom stereocenters. The van der Waals surface area contributed by atoms with Gasteiger partial charge in [-0.3, -0.25) is 33.6 Å². The Bertz CT molecular complexity index is 4670. The molecule has 584 valence electrons. The van der Waals surface area contributed by atoms with Gasteiger partial charge in [0.05, 0.1) is 107 Å². The van der Waals surface area contributed by atoms with Gasteiger partial charge >= 0.3 is 6.09 Å². The van der Waals surface area contributed by atoms with Gasteiger partial charge in [-0.25, -0.2) is 14.4 Å². The van der Waals surface area contributed by atoms with Crippen molar-refractivity contribution in [3.8, 4) is 51.3 Å². The summed E-state index contributed by atoms with van der Waals surface area (Å²) in [6.45, 7) is 10.4. The number of rotatable bonds is 30. The van der Waals surface area contributed by atoms with Crippen LogP contribution in [0.5, 0.6) is 28.7 Å². The van der Waals surface area contributed by atoms with Crippen LogP contribution < -0.4 is 60.1 Å². The molecule has 6 heterocycles. The molecule has 111 heavy (non-hydrogen) atoms. The summed E-state index contributed by atoms with van der Waals surface area (Å²) in [6.07, 6.45) is 2.72. The number of ether oxygens (including phenoxy) is 8. The van der Waals surface area contributed by atoms with Crippen molar-refractivity contribution in [2.45, 2.75) is 129 Å². The number of nitrogens with one attached hydrogen (secondary N) is 5. The Morgan fingerprint density at radius 1 is 0.694 bits per heavy atom. The van der Waals surface area contributed by atoms with Gasteiger partial charge in [0.1, 0.15) is 36.7 Å². The summed E-state index contributed by atoms with van der Waals surface area (Å²) in [4.78, 5) is 116. The SMILES string of the molecule is COc1ccc(C2=CN3C(=O)c4cc(OC)c(OCCCOc5cc6c(cc5OC)C(=O)N5CC7(CC7)C[C@H]5C(O)N6C(=O)OCc5ccc(NC(=O)[C@H](C)NC(=O)[C@@H](NC(=O)COCCOCCNC(=O)CCC(=O)N6Cc7ccccc7-c7nnn(C(C)C)c7-c7ccccc76)C(C)C)cc5)cc4NC[C@@H]3C2)cc1. The van der Waals surface area contributed by atoms with Crippen LogP contribution in [0.4, 0.5) is 27.5 Å². The number of fused-ring (bicyclic) bond motifs is 9. The molecule has 6 aliphatic rings. The minimum absolute atomic E-state index is 0.00911. The van der Waals surface area contributed by atoms with Gasteiger partial charge in [-0.15, -0.1) is 5.10 Å². The lowest BCUT2D eigenvalue weighted by Gasteiger charge is -2.31. The van der Waals surface area contributed by atoms with Crippen LogP contribution in [0.1, 0.15) is 123 Å². The second-order valence-electron chi connectivity index (χ2n) is 29.2. The lowest BCUT2D eigenvalue weighted by molar-refractivity contribution is -0.133. The van der Waals surface area contributed by atoms with Gasteiger partial charge in [-0.2, -0.15) is 0 Å². The van der Waals surface area contributed by atoms with E-state index in [0.29, 0.717) is 72.0 Å². The molecule has 8 amide bonds. The maximum Gasteiger partial charge on any atom is 0.416 e. The summed E-state index contributed by atoms with van der Waals surface area (Å²) in [6, 6.07) is 33.3. The summed E-state index contributed by atoms with van der Waals surface area (Å²) < 4.78 is 48.3. The summed E-state index contributed by atoms with van der Waals surface area (Å²) >= 11 is 0. The van der Waals surface area contributed by atoms with Crippen molar-refractivity contribution in [1.82, 2.24) is 40.7 Å². The molecule has 1 saturated carbocycles. The van der Waals surface area contributed by atoms with Gasteiger partial charge in [0, 0.05) is 80.1 Å². The van der Waals surface area contributed by atoms with Gasteiger partial charge in [-0.05, 0) is 123 Å². The largest absolute Gasteiger partial charge is 0.497 e. The Morgan fingerprint density at radius 2 is 1.40 bits per heavy atom. The first-order valence-electron chi connectivity index (χ1n) is 37.5. The number of carbonyl (C=O) groups is 8. The highest BCUT2D eigenvalue weighted by Gasteiger charge is 2.58. The monoisotopic (exact) mass is 1520 g/mol. The Labute approximate surface area is 643 Å². The van der Waals surface area contributed by atoms with E-state index in [4.69, 9.17) is 37.9 Å². The molecule has 6 N–H and O–H groups in total. The van der Waals surface area contributed by atoms with Crippen molar-refractivity contribution < 1.29 is 81.4 Å². The van der Waals surface area contributed by atoms with E-state index in [9.17, 15) is 43.5 Å². The van der Waals surface area contributed by atoms with E-state index in [1.807, 2.05) is 97.5 Å². The van der Waals surface area contributed by atoms with Gasteiger partial charge in [-0.1, -0.05) is 85.8 Å². The van der Waals surface area contributed by atoms with Crippen molar-refractivity contribution in [3.05, 3.63) is 155 Å². The summed E-state index contributed by atoms with van der Waals surface area (Å²) in [5.41, 5.74) is 8.95. The third-order valence-electron chi connectivity index (χ3n) is 20.9. The van der Waals surface area contributed by atoms with E-state index in [1.165, 1.54) is 33.3 Å². The molecule has 13 rings (SSSR count). The van der Waals surface area contributed by atoms with Crippen LogP contribution in [0.3, 0.4) is 0 Å². The minimum atomic E-state index is -1.49. The summed E-state index contributed by atoms with van der Waals surface area (Å²) in [5.74, 6) is -1.17. The quantitative estimate of drug-likeness (QED) is 0.0228. The van der Waals surface area contributed by atoms with Crippen LogP contribution in [0.2, 0.25) is 0 Å². The molecule has 0 radical (unpaired) electrons. The zero-order valence-corrected chi connectivity index (χ0v) is 63.5. The smallest absolute Gasteiger partial charge is 0.416 e. The molecule has 1 aliphatic carbocycles. The van der Waals surface area contributed by atoms with Crippen LogP contribution in [0, 0.1) is 11.3 Å². The molecular weight excluding hydrogens is 1420 g/mol. The molecule has 1 saturated heterocycles. The lowest BCUT2D eigenvalue weighted by atomic mass is 9.95. The van der Waals surface area contributed by atoms with Crippen LogP contribution in [-0.4, -0.2) is 188 Å². The van der Waals surface area contributed by atoms with Crippen molar-refractivity contribution in [1.29, 1.82) is 0 Å². The third kappa shape index (κ3) is 17.2. The fourth-order valence-electron chi connectivity index (χ4n) is 14.7. The normalized spacial score (nSPS) is 17.5. The van der Waals surface area contributed by atoms with Crippen LogP contribution in [0.15, 0.2) is 128 Å². The molecule has 0 bridgehead atoms. The molecule has 1 aromatic heterocycles. The number of benzene rings is 6. The van der Waals surface area contributed by atoms with Crippen LogP contribution in [-0.2, 0) is 51.3 Å². The number of hydrogen-bond acceptors (Lipinski definition) is 20. The van der Waals surface area contributed by atoms with Gasteiger partial charge in [0.15, 0.2) is 29.2 Å². The van der Waals surface area contributed by atoms with Crippen molar-refractivity contribution in [2.24, 2.45) is 11.3 Å². The molecule has 29 heteroatoms. The molecular formula is C82H94N12O17. The highest BCUT2D eigenvalue weighted by molar-refractivity contribution is 6.07. The van der Waals surface area contributed by atoms with Gasteiger partial charge < -0.3 is 84.3 Å². The Morgan fingerprint density at radius 3 is 2.11 bits per heavy atom. The molecule has 7 aromatic rings. The van der Waals surface area contributed by atoms with E-state index in [2.05, 4.69) is 36.9 Å². The fourth-order valence-corrected chi connectivity index (χ4v) is 14.7. The number of methoxy groups -OCH3 is 3. The number of hydrogen-bond donors (Lipinski definition) is 6. The highest BCUT2D eigenvalue weighted by Crippen LogP contribution is 2.57. The van der Waals surface area contributed by atoms with Crippen LogP contribution >= 0.6 is 0 Å². The molecule has 5 aliphatic heterocycles. The summed E-state index contributed by atoms with van der Waals surface area (Å²) in [5, 5.41) is 35.7. The molecule has 5 atom stereocenters. The average molecular weight is 1520 g/mol. The highest BCUT2D eigenvalue weighted by atomic mass is 16.6. The zero-order chi connectivity index (χ0) is 78.2. The lowest BCUT2D eigenvalue weighted by Crippen LogP contribution is -2.54. The van der Waals surface area contributed by atoms with Crippen LogP contribution in [0.25, 0.3) is 28.1 Å². The minimum Gasteiger partial charge on any atom is -0.497 e. The standard InChI is InChI=1S/C82H94N12O17/c1-48(2)73(87-71(96)46-108-35-34-107-33-30-83-70(95)26-27-72(97)91-43-53-14-9-10-15-58(53)74-75(94(49(3)4)89-88-74)59-16-11-12-17-63(59)91)77(99)85-50(5)76(98)86-55-22-18-51(19-23-55)45-111-81(103)93-64-40-69(67(106-8)38-61(64)79(101)92-47-82(28-29-82)41-65(92)80(93)102)110-32-13-31-109-68-39-62-60(37-66(68)105-7)78(100)90-44-54(36-56(90)42-84-62)52-20-24-57(104-6)25-21-52/h9-12,14-25,37-40,44,48-50,56,65,73,80,84,102H,13,26-36,41-43,45-47H2,1-8H3,(H,83,95)(H,85,99)(H,86,98)(H,87,96)/t50-,56-,65-,73-,80?/m0/s1. The van der Waals surface area contributed by atoms with E-state index >= 15 is 0 Å². The van der Waals surface area contributed by atoms with E-state index in [0.717, 1.165) is 62.7 Å². The second kappa shape index (κ2) is 34.1. The third-order valence-corrected chi connectivity index (χ3v) is 20.9. The number of para-hydroxylation sites is 1. The van der Waals surface area contributed by atoms with E-state index in [-0.39, 0.29) is 142 Å². The fraction of sp³-hybridized carbons (Fsp3) is 0.415. The number of aliphatic hydroxyl groups excluding tert-OH is 1. The Balaban J connectivity index is 0.542. The number of carbonyl (C=O) groups excluding carboxylic acids is 8. The number of anilines is 4. The van der Waals surface area contributed by atoms with Gasteiger partial charge in [0.25, 0.3) is 11.8 Å². The number of nitrogens with zero attached hydrogens (tertiary/aromatic N) is 7. The first-order valence-corrected chi connectivity index (χ1v) is 37.5. The van der Waals surface area contributed by atoms with Gasteiger partial charge in [0.2, 0.25) is 29.5 Å². The number of aliphatic hydroxyl groups is 1. The van der Waals surface area contributed by atoms with Crippen molar-refractivity contribution in [2.75, 3.05) is 101 Å². The maximum absolute atomic E-state index is 14.5. The molecule has 29 nitrogen and oxygen atoms in total. The summed E-state index contributed by atoms with van der Waals surface area (Å²) in [7, 11) is 4.58. The maximum atomic E-state index is 14.5. The first-order chi connectivity index (χ1) is 53.6. The number of aromatic nitrogens is 3. The van der Waals surface area contributed by atoms with Crippen molar-refractivity contribution >= 4 is 75.8 Å². The van der Waals surface area contributed by atoms with E-state index < -0.39 is 48.2 Å². The second-order valence-corrected chi connectivity index (χ2v) is 29.2. The predicted octanol–water partition coefficient (Wildman–Crippen LogP) is 9.28. The Kier molecular flexibility index (Phi) is 23.9. The Hall–Kier alpha value is -11.6. The molecule has 6 aromatic carbocycles.